The summed E-state index contributed by atoms with van der Waals surface area (Å²) in [5, 5.41) is 0.413. The van der Waals surface area contributed by atoms with Crippen LogP contribution in [0.3, 0.4) is 0 Å². The normalized spacial score (nSPS) is 14.9. The number of furan rings is 1. The topological polar surface area (TPSA) is 109 Å². The number of hydrogen-bond donors (Lipinski definition) is 0. The number of hydrogen-bond acceptors (Lipinski definition) is 9. The molecule has 41 heavy (non-hydrogen) atoms. The highest BCUT2D eigenvalue weighted by Gasteiger charge is 2.35. The first kappa shape index (κ1) is 28.1. The average Bonchev–Trinajstić information content (AvgIpc) is 3.56. The zero-order valence-corrected chi connectivity index (χ0v) is 24.2. The summed E-state index contributed by atoms with van der Waals surface area (Å²) in [7, 11) is 2.82. The van der Waals surface area contributed by atoms with E-state index in [1.807, 2.05) is 0 Å². The van der Waals surface area contributed by atoms with Crippen LogP contribution in [0.1, 0.15) is 41.6 Å². The molecule has 11 heteroatoms. The Morgan fingerprint density at radius 1 is 1.12 bits per heavy atom. The monoisotopic (exact) mass is 592 g/mol. The third kappa shape index (κ3) is 5.23. The Balaban J connectivity index is 1.67. The van der Waals surface area contributed by atoms with E-state index in [-0.39, 0.29) is 17.7 Å². The first-order chi connectivity index (χ1) is 19.8. The number of methoxy groups -OCH3 is 2. The number of fused-ring (bicyclic) bond motifs is 1. The zero-order valence-electron chi connectivity index (χ0n) is 22.6. The molecule has 2 aromatic heterocycles. The van der Waals surface area contributed by atoms with E-state index in [0.29, 0.717) is 54.0 Å². The van der Waals surface area contributed by atoms with Crippen LogP contribution in [0.25, 0.3) is 17.4 Å². The van der Waals surface area contributed by atoms with Crippen molar-refractivity contribution in [1.29, 1.82) is 0 Å². The van der Waals surface area contributed by atoms with E-state index in [2.05, 4.69) is 4.99 Å². The molecular formula is C30H25ClN2O7S. The van der Waals surface area contributed by atoms with Crippen LogP contribution < -0.4 is 19.6 Å². The Morgan fingerprint density at radius 2 is 1.90 bits per heavy atom. The van der Waals surface area contributed by atoms with Crippen molar-refractivity contribution in [3.8, 4) is 17.1 Å². The van der Waals surface area contributed by atoms with Gasteiger partial charge >= 0.3 is 11.9 Å². The van der Waals surface area contributed by atoms with Crippen molar-refractivity contribution >= 4 is 41.0 Å². The zero-order chi connectivity index (χ0) is 29.3. The lowest BCUT2D eigenvalue weighted by molar-refractivity contribution is -0.139. The third-order valence-corrected chi connectivity index (χ3v) is 7.72. The molecule has 0 unspecified atom stereocenters. The van der Waals surface area contributed by atoms with E-state index in [0.717, 1.165) is 11.3 Å². The van der Waals surface area contributed by atoms with Gasteiger partial charge in [0.05, 0.1) is 42.2 Å². The Kier molecular flexibility index (Phi) is 7.96. The van der Waals surface area contributed by atoms with Crippen LogP contribution in [0.5, 0.6) is 5.75 Å². The molecule has 1 aliphatic rings. The van der Waals surface area contributed by atoms with E-state index < -0.39 is 18.0 Å². The highest BCUT2D eigenvalue weighted by molar-refractivity contribution is 7.07. The summed E-state index contributed by atoms with van der Waals surface area (Å²) in [4.78, 5) is 44.3. The predicted molar refractivity (Wildman–Crippen MR) is 154 cm³/mol. The number of nitrogens with zero attached hydrogens (tertiary/aromatic N) is 2. The standard InChI is InChI=1S/C30H25ClN2O7S/c1-5-39-29(36)25-16(2)32-30-33(26(25)21-14-17(31)10-12-22(21)37-3)27(34)24(41-30)15-18-11-13-23(40-18)19-8-6-7-9-20(19)28(35)38-4/h6-15,26H,5H2,1-4H3/b24-15-/t26-/m0/s1. The first-order valence-corrected chi connectivity index (χ1v) is 13.8. The van der Waals surface area contributed by atoms with Crippen LogP contribution in [0.15, 0.2) is 80.1 Å². The molecule has 0 N–H and O–H groups in total. The minimum atomic E-state index is -0.889. The van der Waals surface area contributed by atoms with Gasteiger partial charge in [0, 0.05) is 22.2 Å². The van der Waals surface area contributed by atoms with Crippen molar-refractivity contribution in [1.82, 2.24) is 4.57 Å². The summed E-state index contributed by atoms with van der Waals surface area (Å²) in [5.41, 5.74) is 1.68. The molecular weight excluding hydrogens is 568 g/mol. The number of esters is 2. The number of allylic oxidation sites excluding steroid dienone is 1. The maximum Gasteiger partial charge on any atom is 0.338 e. The van der Waals surface area contributed by atoms with Gasteiger partial charge in [-0.15, -0.1) is 0 Å². The van der Waals surface area contributed by atoms with Crippen LogP contribution in [0.2, 0.25) is 5.02 Å². The lowest BCUT2D eigenvalue weighted by Gasteiger charge is -2.26. The molecule has 0 bridgehead atoms. The maximum atomic E-state index is 13.9. The summed E-state index contributed by atoms with van der Waals surface area (Å²) < 4.78 is 23.6. The van der Waals surface area contributed by atoms with Gasteiger partial charge in [0.2, 0.25) is 0 Å². The molecule has 210 valence electrons. The van der Waals surface area contributed by atoms with Crippen LogP contribution >= 0.6 is 22.9 Å². The van der Waals surface area contributed by atoms with Crippen LogP contribution in [-0.2, 0) is 14.3 Å². The number of carbonyl (C=O) groups excluding carboxylic acids is 2. The minimum absolute atomic E-state index is 0.152. The summed E-state index contributed by atoms with van der Waals surface area (Å²) >= 11 is 7.50. The van der Waals surface area contributed by atoms with Crippen molar-refractivity contribution in [3.63, 3.8) is 0 Å². The molecule has 1 atom stereocenters. The molecule has 4 aromatic rings. The van der Waals surface area contributed by atoms with Crippen molar-refractivity contribution in [2.45, 2.75) is 19.9 Å². The Labute approximate surface area is 243 Å². The summed E-state index contributed by atoms with van der Waals surface area (Å²) in [6.45, 7) is 3.56. The number of benzene rings is 2. The van der Waals surface area contributed by atoms with Gasteiger partial charge < -0.3 is 18.6 Å². The van der Waals surface area contributed by atoms with Gasteiger partial charge in [-0.1, -0.05) is 41.1 Å². The molecule has 0 saturated heterocycles. The summed E-state index contributed by atoms with van der Waals surface area (Å²) in [5.74, 6) is 0.201. The highest BCUT2D eigenvalue weighted by Crippen LogP contribution is 2.37. The fourth-order valence-electron chi connectivity index (χ4n) is 4.69. The number of halogens is 1. The molecule has 9 nitrogen and oxygen atoms in total. The van der Waals surface area contributed by atoms with Gasteiger partial charge in [-0.05, 0) is 50.2 Å². The Hall–Kier alpha value is -4.41. The second-order valence-electron chi connectivity index (χ2n) is 8.93. The van der Waals surface area contributed by atoms with Crippen molar-refractivity contribution in [2.75, 3.05) is 20.8 Å². The number of rotatable bonds is 7. The van der Waals surface area contributed by atoms with E-state index in [9.17, 15) is 14.4 Å². The number of ether oxygens (including phenoxy) is 3. The second-order valence-corrected chi connectivity index (χ2v) is 10.4. The molecule has 0 saturated carbocycles. The molecule has 3 heterocycles. The largest absolute Gasteiger partial charge is 0.496 e. The van der Waals surface area contributed by atoms with Gasteiger partial charge in [-0.2, -0.15) is 0 Å². The predicted octanol–water partition coefficient (Wildman–Crippen LogP) is 4.51. The van der Waals surface area contributed by atoms with Crippen molar-refractivity contribution in [3.05, 3.63) is 107 Å². The van der Waals surface area contributed by atoms with Gasteiger partial charge in [-0.25, -0.2) is 14.6 Å². The van der Waals surface area contributed by atoms with E-state index in [1.54, 1.807) is 74.5 Å². The molecule has 0 radical (unpaired) electrons. The SMILES string of the molecule is CCOC(=O)C1=C(C)N=c2s/c(=C\c3ccc(-c4ccccc4C(=O)OC)o3)c(=O)n2[C@H]1c1cc(Cl)ccc1OC. The fraction of sp³-hybridized carbons (Fsp3) is 0.200. The number of carbonyl (C=O) groups is 2. The van der Waals surface area contributed by atoms with Crippen LogP contribution in [0, 0.1) is 0 Å². The van der Waals surface area contributed by atoms with E-state index in [1.165, 1.54) is 18.8 Å². The quantitative estimate of drug-likeness (QED) is 0.291. The number of aromatic nitrogens is 1. The molecule has 2 aromatic carbocycles. The minimum Gasteiger partial charge on any atom is -0.496 e. The smallest absolute Gasteiger partial charge is 0.338 e. The van der Waals surface area contributed by atoms with Gasteiger partial charge in [0.1, 0.15) is 23.3 Å². The third-order valence-electron chi connectivity index (χ3n) is 6.50. The van der Waals surface area contributed by atoms with Crippen LogP contribution in [-0.4, -0.2) is 37.3 Å². The van der Waals surface area contributed by atoms with Crippen LogP contribution in [0.4, 0.5) is 0 Å². The highest BCUT2D eigenvalue weighted by atomic mass is 35.5. The van der Waals surface area contributed by atoms with Gasteiger partial charge in [0.15, 0.2) is 4.80 Å². The maximum absolute atomic E-state index is 13.9. The molecule has 0 spiro atoms. The van der Waals surface area contributed by atoms with Crippen molar-refractivity contribution < 1.29 is 28.2 Å². The first-order valence-electron chi connectivity index (χ1n) is 12.6. The summed E-state index contributed by atoms with van der Waals surface area (Å²) in [6.07, 6.45) is 1.60. The number of thiazole rings is 1. The molecule has 0 fully saturated rings. The van der Waals surface area contributed by atoms with E-state index >= 15 is 0 Å². The lowest BCUT2D eigenvalue weighted by Crippen LogP contribution is -2.40. The fourth-order valence-corrected chi connectivity index (χ4v) is 5.90. The van der Waals surface area contributed by atoms with E-state index in [4.69, 9.17) is 30.2 Å². The average molecular weight is 593 g/mol. The second kappa shape index (κ2) is 11.6. The van der Waals surface area contributed by atoms with Gasteiger partial charge in [-0.3, -0.25) is 9.36 Å². The Bertz CT molecular complexity index is 1880. The lowest BCUT2D eigenvalue weighted by atomic mass is 9.95. The Morgan fingerprint density at radius 3 is 2.63 bits per heavy atom. The molecule has 1 aliphatic heterocycles. The molecule has 5 rings (SSSR count). The molecule has 0 aliphatic carbocycles. The molecule has 0 amide bonds. The van der Waals surface area contributed by atoms with Crippen molar-refractivity contribution in [2.24, 2.45) is 4.99 Å². The summed E-state index contributed by atoms with van der Waals surface area (Å²) in [6, 6.07) is 14.5. The van der Waals surface area contributed by atoms with Gasteiger partial charge in [0.25, 0.3) is 5.56 Å².